The second-order valence-corrected chi connectivity index (χ2v) is 7.65. The van der Waals surface area contributed by atoms with Crippen molar-refractivity contribution in [2.75, 3.05) is 18.0 Å². The lowest BCUT2D eigenvalue weighted by molar-refractivity contribution is 0.497. The Morgan fingerprint density at radius 1 is 1.26 bits per heavy atom. The molecule has 2 aromatic rings. The monoisotopic (exact) mass is 368 g/mol. The molecule has 7 heteroatoms. The average Bonchev–Trinajstić information content (AvgIpc) is 2.98. The zero-order chi connectivity index (χ0) is 15.2. The Balaban J connectivity index is 0.00000192. The van der Waals surface area contributed by atoms with Crippen LogP contribution in [-0.2, 0) is 0 Å². The first-order chi connectivity index (χ1) is 10.8. The molecule has 1 aromatic carbocycles. The fourth-order valence-corrected chi connectivity index (χ4v) is 4.30. The summed E-state index contributed by atoms with van der Waals surface area (Å²) in [4.78, 5) is 0. The molecule has 0 saturated carbocycles. The van der Waals surface area contributed by atoms with Crippen LogP contribution in [0.5, 0.6) is 0 Å². The van der Waals surface area contributed by atoms with Crippen LogP contribution in [0, 0.1) is 0 Å². The van der Waals surface area contributed by atoms with Crippen LogP contribution in [0.4, 0.5) is 5.13 Å². The molecule has 1 unspecified atom stereocenters. The van der Waals surface area contributed by atoms with Gasteiger partial charge in [-0.3, -0.25) is 0 Å². The van der Waals surface area contributed by atoms with E-state index in [4.69, 9.17) is 5.73 Å². The molecule has 23 heavy (non-hydrogen) atoms. The normalized spacial score (nSPS) is 17.4. The Morgan fingerprint density at radius 2 is 2.09 bits per heavy atom. The van der Waals surface area contributed by atoms with Crippen LogP contribution in [0.1, 0.15) is 24.8 Å². The summed E-state index contributed by atoms with van der Waals surface area (Å²) in [5.74, 6) is 1.07. The molecule has 0 fully saturated rings. The van der Waals surface area contributed by atoms with E-state index in [1.165, 1.54) is 35.3 Å². The van der Waals surface area contributed by atoms with E-state index in [1.807, 2.05) is 0 Å². The molecule has 0 spiro atoms. The third-order valence-corrected chi connectivity index (χ3v) is 5.68. The van der Waals surface area contributed by atoms with E-state index in [-0.39, 0.29) is 12.4 Å². The summed E-state index contributed by atoms with van der Waals surface area (Å²) in [6, 6.07) is 11.3. The lowest BCUT2D eigenvalue weighted by atomic mass is 9.93. The lowest BCUT2D eigenvalue weighted by Gasteiger charge is -2.24. The number of nitrogens with two attached hydrogens (primary N) is 1. The van der Waals surface area contributed by atoms with Crippen LogP contribution >= 0.6 is 35.5 Å². The van der Waals surface area contributed by atoms with Gasteiger partial charge in [-0.05, 0) is 30.4 Å². The van der Waals surface area contributed by atoms with Crippen molar-refractivity contribution in [3.63, 3.8) is 0 Å². The quantitative estimate of drug-likeness (QED) is 0.598. The molecule has 2 heterocycles. The number of hydrogen-bond acceptors (Lipinski definition) is 6. The number of nitrogens with one attached hydrogen (secondary N) is 1. The summed E-state index contributed by atoms with van der Waals surface area (Å²) in [6.45, 7) is 0.967. The number of anilines is 1. The molecule has 124 valence electrons. The van der Waals surface area contributed by atoms with Gasteiger partial charge in [-0.2, -0.15) is 0 Å². The third-order valence-electron chi connectivity index (χ3n) is 3.71. The topological polar surface area (TPSA) is 63.8 Å². The second-order valence-electron chi connectivity index (χ2n) is 5.30. The molecule has 0 saturated heterocycles. The highest BCUT2D eigenvalue weighted by Gasteiger charge is 2.15. The molecule has 1 aliphatic heterocycles. The summed E-state index contributed by atoms with van der Waals surface area (Å²) in [5, 5.41) is 12.0. The van der Waals surface area contributed by atoms with E-state index in [9.17, 15) is 0 Å². The number of nitrogen functional groups attached to an aromatic ring is 1. The largest absolute Gasteiger partial charge is 0.374 e. The predicted octanol–water partition coefficient (Wildman–Crippen LogP) is 3.86. The van der Waals surface area contributed by atoms with E-state index in [1.54, 1.807) is 11.8 Å². The highest BCUT2D eigenvalue weighted by atomic mass is 35.5. The van der Waals surface area contributed by atoms with Crippen LogP contribution in [-0.4, -0.2) is 28.5 Å². The van der Waals surface area contributed by atoms with Crippen molar-refractivity contribution in [3.05, 3.63) is 42.0 Å². The first kappa shape index (κ1) is 18.3. The van der Waals surface area contributed by atoms with Gasteiger partial charge in [0.05, 0.1) is 0 Å². The standard InChI is InChI=1S/C16H20N4S2.ClH/c17-15-19-20-16(22-15)21-10-4-7-14-11-13(8-9-18-14)12-5-2-1-3-6-12;/h1-3,5-6,8,14,18H,4,7,9-11H2,(H2,17,19);1H. The van der Waals surface area contributed by atoms with Crippen molar-refractivity contribution >= 4 is 46.2 Å². The molecular formula is C16H21ClN4S2. The van der Waals surface area contributed by atoms with Gasteiger partial charge in [-0.25, -0.2) is 0 Å². The Labute approximate surface area is 151 Å². The fraction of sp³-hybridized carbons (Fsp3) is 0.375. The minimum Gasteiger partial charge on any atom is -0.374 e. The molecular weight excluding hydrogens is 348 g/mol. The van der Waals surface area contributed by atoms with Gasteiger partial charge >= 0.3 is 0 Å². The van der Waals surface area contributed by atoms with E-state index in [0.29, 0.717) is 11.2 Å². The van der Waals surface area contributed by atoms with Gasteiger partial charge in [0.1, 0.15) is 0 Å². The van der Waals surface area contributed by atoms with Gasteiger partial charge in [0.25, 0.3) is 0 Å². The number of halogens is 1. The summed E-state index contributed by atoms with van der Waals surface area (Å²) in [5.41, 5.74) is 8.41. The number of rotatable bonds is 6. The summed E-state index contributed by atoms with van der Waals surface area (Å²) < 4.78 is 0.971. The van der Waals surface area contributed by atoms with Crippen molar-refractivity contribution in [2.24, 2.45) is 0 Å². The van der Waals surface area contributed by atoms with Crippen molar-refractivity contribution in [1.82, 2.24) is 15.5 Å². The van der Waals surface area contributed by atoms with Crippen LogP contribution in [0.25, 0.3) is 5.57 Å². The molecule has 1 aliphatic rings. The van der Waals surface area contributed by atoms with Crippen molar-refractivity contribution in [2.45, 2.75) is 29.6 Å². The molecule has 1 atom stereocenters. The van der Waals surface area contributed by atoms with E-state index >= 15 is 0 Å². The molecule has 4 nitrogen and oxygen atoms in total. The molecule has 3 N–H and O–H groups in total. The van der Waals surface area contributed by atoms with Gasteiger partial charge in [0.15, 0.2) is 4.34 Å². The van der Waals surface area contributed by atoms with Gasteiger partial charge in [0.2, 0.25) is 5.13 Å². The molecule has 0 amide bonds. The number of hydrogen-bond donors (Lipinski definition) is 2. The molecule has 1 aromatic heterocycles. The number of nitrogens with zero attached hydrogens (tertiary/aromatic N) is 2. The van der Waals surface area contributed by atoms with Gasteiger partial charge < -0.3 is 11.1 Å². The number of thioether (sulfide) groups is 1. The van der Waals surface area contributed by atoms with Gasteiger partial charge in [-0.1, -0.05) is 59.5 Å². The summed E-state index contributed by atoms with van der Waals surface area (Å²) in [7, 11) is 0. The predicted molar refractivity (Wildman–Crippen MR) is 102 cm³/mol. The zero-order valence-electron chi connectivity index (χ0n) is 12.8. The molecule has 0 aliphatic carbocycles. The van der Waals surface area contributed by atoms with Gasteiger partial charge in [-0.15, -0.1) is 22.6 Å². The Morgan fingerprint density at radius 3 is 2.83 bits per heavy atom. The minimum atomic E-state index is 0. The molecule has 0 bridgehead atoms. The Bertz CT molecular complexity index is 630. The van der Waals surface area contributed by atoms with E-state index < -0.39 is 0 Å². The van der Waals surface area contributed by atoms with E-state index in [0.717, 1.165) is 23.1 Å². The maximum absolute atomic E-state index is 5.59. The SMILES string of the molecule is Cl.Nc1nnc(SCCCC2CC(c3ccccc3)=CCN2)s1. The van der Waals surface area contributed by atoms with Crippen LogP contribution in [0.15, 0.2) is 40.7 Å². The second kappa shape index (κ2) is 9.27. The van der Waals surface area contributed by atoms with Crippen LogP contribution in [0.2, 0.25) is 0 Å². The van der Waals surface area contributed by atoms with Crippen LogP contribution in [0.3, 0.4) is 0 Å². The Kier molecular flexibility index (Phi) is 7.36. The zero-order valence-corrected chi connectivity index (χ0v) is 15.2. The highest BCUT2D eigenvalue weighted by molar-refractivity contribution is 8.01. The van der Waals surface area contributed by atoms with Crippen molar-refractivity contribution in [3.8, 4) is 0 Å². The average molecular weight is 369 g/mol. The number of benzene rings is 1. The van der Waals surface area contributed by atoms with Crippen molar-refractivity contribution in [1.29, 1.82) is 0 Å². The Hall–Kier alpha value is -1.08. The summed E-state index contributed by atoms with van der Waals surface area (Å²) in [6.07, 6.45) is 5.78. The fourth-order valence-electron chi connectivity index (χ4n) is 2.63. The van der Waals surface area contributed by atoms with E-state index in [2.05, 4.69) is 51.9 Å². The maximum atomic E-state index is 5.59. The smallest absolute Gasteiger partial charge is 0.203 e. The number of aromatic nitrogens is 2. The summed E-state index contributed by atoms with van der Waals surface area (Å²) >= 11 is 3.21. The third kappa shape index (κ3) is 5.49. The van der Waals surface area contributed by atoms with Gasteiger partial charge in [0, 0.05) is 18.3 Å². The lowest BCUT2D eigenvalue weighted by Crippen LogP contribution is -2.32. The maximum Gasteiger partial charge on any atom is 0.203 e. The molecule has 3 rings (SSSR count). The van der Waals surface area contributed by atoms with Crippen molar-refractivity contribution < 1.29 is 0 Å². The first-order valence-electron chi connectivity index (χ1n) is 7.51. The molecule has 0 radical (unpaired) electrons. The highest BCUT2D eigenvalue weighted by Crippen LogP contribution is 2.27. The first-order valence-corrected chi connectivity index (χ1v) is 9.31. The minimum absolute atomic E-state index is 0. The van der Waals surface area contributed by atoms with Crippen LogP contribution < -0.4 is 11.1 Å².